The Morgan fingerprint density at radius 2 is 1.65 bits per heavy atom. The molecular weight excluding hydrogens is 532 g/mol. The average molecular weight is 573 g/mol. The average Bonchev–Trinajstić information content (AvgIpc) is 2.86. The monoisotopic (exact) mass is 572 g/mol. The third-order valence-corrected chi connectivity index (χ3v) is 8.63. The number of carbonyl (C=O) groups excluding carboxylic acids is 2. The molecule has 11 nitrogen and oxygen atoms in total. The molecule has 4 aliphatic rings. The summed E-state index contributed by atoms with van der Waals surface area (Å²) in [6, 6.07) is 9.22. The summed E-state index contributed by atoms with van der Waals surface area (Å²) in [5.74, 6) is 0.0467. The zero-order chi connectivity index (χ0) is 28.0. The Kier molecular flexibility index (Phi) is 8.33. The van der Waals surface area contributed by atoms with Crippen LogP contribution in [0.5, 0.6) is 0 Å². The molecule has 2 heterocycles. The molecule has 0 atom stereocenters. The zero-order valence-corrected chi connectivity index (χ0v) is 24.4. The van der Waals surface area contributed by atoms with Crippen LogP contribution in [0.1, 0.15) is 45.6 Å². The summed E-state index contributed by atoms with van der Waals surface area (Å²) >= 11 is 0. The molecule has 5 N–H and O–H groups in total. The first-order valence-electron chi connectivity index (χ1n) is 13.8. The van der Waals surface area contributed by atoms with Crippen LogP contribution < -0.4 is 22.5 Å². The first-order valence-corrected chi connectivity index (χ1v) is 13.8. The molecule has 12 heteroatoms. The number of anilines is 1. The van der Waals surface area contributed by atoms with Crippen molar-refractivity contribution in [3.05, 3.63) is 52.6 Å². The molecule has 1 aliphatic heterocycles. The van der Waals surface area contributed by atoms with Crippen molar-refractivity contribution in [1.29, 1.82) is 0 Å². The van der Waals surface area contributed by atoms with E-state index in [0.717, 1.165) is 19.6 Å². The minimum Gasteiger partial charge on any atom is -0.338 e. The van der Waals surface area contributed by atoms with E-state index >= 15 is 0 Å². The molecule has 6 rings (SSSR count). The normalized spacial score (nSPS) is 23.6. The van der Waals surface area contributed by atoms with Gasteiger partial charge < -0.3 is 21.3 Å². The van der Waals surface area contributed by atoms with E-state index in [4.69, 9.17) is 11.5 Å². The van der Waals surface area contributed by atoms with Gasteiger partial charge in [-0.3, -0.25) is 19.6 Å². The van der Waals surface area contributed by atoms with Crippen molar-refractivity contribution in [2.24, 2.45) is 16.9 Å². The molecule has 1 aromatic carbocycles. The highest BCUT2D eigenvalue weighted by Gasteiger charge is 2.68. The summed E-state index contributed by atoms with van der Waals surface area (Å²) in [6.45, 7) is 9.78. The van der Waals surface area contributed by atoms with Crippen LogP contribution in [0, 0.1) is 5.41 Å². The van der Waals surface area contributed by atoms with Crippen molar-refractivity contribution in [2.45, 2.75) is 57.7 Å². The highest BCUT2D eigenvalue weighted by atomic mass is 35.5. The molecule has 4 fully saturated rings. The molecule has 2 bridgehead atoms. The number of piperazine rings is 1. The van der Waals surface area contributed by atoms with E-state index in [-0.39, 0.29) is 30.2 Å². The first kappa shape index (κ1) is 30.0. The number of rotatable bonds is 8. The van der Waals surface area contributed by atoms with Gasteiger partial charge in [-0.15, -0.1) is 12.4 Å². The maximum Gasteiger partial charge on any atom is 0.354 e. The number of hydrogen-bond donors (Lipinski definition) is 3. The van der Waals surface area contributed by atoms with Crippen molar-refractivity contribution in [3.63, 3.8) is 0 Å². The van der Waals surface area contributed by atoms with Gasteiger partial charge in [0.25, 0.3) is 0 Å². The van der Waals surface area contributed by atoms with Crippen LogP contribution in [0.2, 0.25) is 0 Å². The molecule has 2 aromatic rings. The Morgan fingerprint density at radius 3 is 2.17 bits per heavy atom. The van der Waals surface area contributed by atoms with Crippen LogP contribution >= 0.6 is 12.4 Å². The number of nitrogens with two attached hydrogens (primary N) is 2. The molecule has 3 amide bonds. The number of halogens is 1. The maximum atomic E-state index is 12.8. The molecule has 1 aromatic heterocycles. The Labute approximate surface area is 241 Å². The molecule has 3 saturated carbocycles. The summed E-state index contributed by atoms with van der Waals surface area (Å²) < 4.78 is 1.46. The number of urea groups is 1. The Balaban J connectivity index is 0.00000370. The highest BCUT2D eigenvalue weighted by molar-refractivity contribution is 5.89. The number of amides is 3. The Morgan fingerprint density at radius 1 is 1.05 bits per heavy atom. The molecule has 0 spiro atoms. The minimum absolute atomic E-state index is 0. The van der Waals surface area contributed by atoms with Crippen LogP contribution in [0.4, 0.5) is 10.6 Å². The Bertz CT molecular complexity index is 1280. The molecule has 40 heavy (non-hydrogen) atoms. The zero-order valence-electron chi connectivity index (χ0n) is 23.6. The number of aromatic nitrogens is 2. The van der Waals surface area contributed by atoms with Crippen molar-refractivity contribution in [1.82, 2.24) is 24.3 Å². The van der Waals surface area contributed by atoms with Gasteiger partial charge in [0.15, 0.2) is 0 Å². The van der Waals surface area contributed by atoms with E-state index in [1.54, 1.807) is 35.9 Å². The SMILES string of the molecule is CCN(Cc1ccc(-n2ccc(NC(=O)N3CCN(C(=O)C(C)(C)N)CC3)nc2=O)cc1)C12CC(CN)(C1)C2.Cl. The van der Waals surface area contributed by atoms with Crippen LogP contribution in [0.3, 0.4) is 0 Å². The highest BCUT2D eigenvalue weighted by Crippen LogP contribution is 2.69. The number of benzene rings is 1. The third-order valence-electron chi connectivity index (χ3n) is 8.63. The molecule has 0 unspecified atom stereocenters. The number of nitrogens with zero attached hydrogens (tertiary/aromatic N) is 5. The Hall–Kier alpha value is -2.99. The summed E-state index contributed by atoms with van der Waals surface area (Å²) in [4.78, 5) is 47.7. The van der Waals surface area contributed by atoms with Gasteiger partial charge in [0.05, 0.1) is 11.2 Å². The van der Waals surface area contributed by atoms with E-state index in [1.165, 1.54) is 29.4 Å². The van der Waals surface area contributed by atoms with Crippen LogP contribution in [-0.4, -0.2) is 86.5 Å². The summed E-state index contributed by atoms with van der Waals surface area (Å²) in [7, 11) is 0. The van der Waals surface area contributed by atoms with Gasteiger partial charge in [0.2, 0.25) is 5.91 Å². The second kappa shape index (κ2) is 11.1. The molecular formula is C28H41ClN8O3. The lowest BCUT2D eigenvalue weighted by Crippen LogP contribution is -2.76. The van der Waals surface area contributed by atoms with Crippen LogP contribution in [-0.2, 0) is 11.3 Å². The van der Waals surface area contributed by atoms with Crippen LogP contribution in [0.15, 0.2) is 41.3 Å². The van der Waals surface area contributed by atoms with E-state index in [1.807, 2.05) is 12.1 Å². The van der Waals surface area contributed by atoms with Crippen molar-refractivity contribution < 1.29 is 9.59 Å². The fourth-order valence-corrected chi connectivity index (χ4v) is 6.47. The minimum atomic E-state index is -0.946. The van der Waals surface area contributed by atoms with Crippen LogP contribution in [0.25, 0.3) is 5.69 Å². The van der Waals surface area contributed by atoms with Crippen molar-refractivity contribution >= 4 is 30.2 Å². The summed E-state index contributed by atoms with van der Waals surface area (Å²) in [5, 5.41) is 2.70. The van der Waals surface area contributed by atoms with Gasteiger partial charge in [-0.2, -0.15) is 4.98 Å². The van der Waals surface area contributed by atoms with Gasteiger partial charge in [0, 0.05) is 44.5 Å². The lowest BCUT2D eigenvalue weighted by Gasteiger charge is -2.74. The molecule has 218 valence electrons. The maximum absolute atomic E-state index is 12.8. The molecule has 1 saturated heterocycles. The van der Waals surface area contributed by atoms with Gasteiger partial charge in [0.1, 0.15) is 5.82 Å². The fraction of sp³-hybridized carbons (Fsp3) is 0.571. The van der Waals surface area contributed by atoms with E-state index in [2.05, 4.69) is 34.3 Å². The number of hydrogen-bond acceptors (Lipinski definition) is 7. The first-order chi connectivity index (χ1) is 18.5. The standard InChI is InChI=1S/C28H40N8O3.ClH/c1-4-35(28-16-27(17-28,18-28)19-29)15-20-5-7-21(8-6-20)36-10-9-22(32-25(36)39)31-24(38)34-13-11-33(12-14-34)23(37)26(2,3)30;/h5-10H,4,11-19,29-30H2,1-3H3,(H,31,32,38,39);1H. The third kappa shape index (κ3) is 5.60. The van der Waals surface area contributed by atoms with E-state index in [9.17, 15) is 14.4 Å². The number of nitrogens with one attached hydrogen (secondary N) is 1. The number of carbonyl (C=O) groups is 2. The van der Waals surface area contributed by atoms with Crippen molar-refractivity contribution in [2.75, 3.05) is 44.6 Å². The lowest BCUT2D eigenvalue weighted by atomic mass is 9.39. The molecule has 0 radical (unpaired) electrons. The largest absolute Gasteiger partial charge is 0.354 e. The fourth-order valence-electron chi connectivity index (χ4n) is 6.47. The quantitative estimate of drug-likeness (QED) is 0.437. The van der Waals surface area contributed by atoms with E-state index < -0.39 is 11.2 Å². The topological polar surface area (TPSA) is 143 Å². The van der Waals surface area contributed by atoms with Gasteiger partial charge >= 0.3 is 11.7 Å². The van der Waals surface area contributed by atoms with Crippen molar-refractivity contribution in [3.8, 4) is 5.69 Å². The second-order valence-electron chi connectivity index (χ2n) is 12.0. The van der Waals surface area contributed by atoms with E-state index in [0.29, 0.717) is 42.8 Å². The molecule has 3 aliphatic carbocycles. The summed E-state index contributed by atoms with van der Waals surface area (Å²) in [5.41, 5.74) is 13.1. The second-order valence-corrected chi connectivity index (χ2v) is 12.0. The smallest absolute Gasteiger partial charge is 0.338 e. The van der Waals surface area contributed by atoms with Gasteiger partial charge in [-0.25, -0.2) is 9.59 Å². The summed E-state index contributed by atoms with van der Waals surface area (Å²) in [6.07, 6.45) is 5.23. The predicted molar refractivity (Wildman–Crippen MR) is 157 cm³/mol. The van der Waals surface area contributed by atoms with Gasteiger partial charge in [-0.05, 0) is 75.4 Å². The lowest BCUT2D eigenvalue weighted by molar-refractivity contribution is -0.216. The van der Waals surface area contributed by atoms with Gasteiger partial charge in [-0.1, -0.05) is 19.1 Å². The predicted octanol–water partition coefficient (Wildman–Crippen LogP) is 1.77.